The smallest absolute Gasteiger partial charge is 0.264 e. The Hall–Kier alpha value is -3.05. The van der Waals surface area contributed by atoms with Gasteiger partial charge in [0.2, 0.25) is 0 Å². The summed E-state index contributed by atoms with van der Waals surface area (Å²) in [6.45, 7) is 0. The highest BCUT2D eigenvalue weighted by Crippen LogP contribution is 2.32. The quantitative estimate of drug-likeness (QED) is 0.687. The highest BCUT2D eigenvalue weighted by atomic mass is 32.2. The fraction of sp³-hybridized carbons (Fsp3) is 0.0476. The topological polar surface area (TPSA) is 50.7 Å². The van der Waals surface area contributed by atoms with Crippen molar-refractivity contribution in [1.82, 2.24) is 5.32 Å². The van der Waals surface area contributed by atoms with E-state index < -0.39 is 0 Å². The standard InChI is InChI=1S/C21H16N2O2S/c1-25-18-12-5-4-11-17(18)22-21-23-20(24)19(26-21)13-15-9-6-8-14-7-2-3-10-16(14)15/h2-13H,1H3,(H,22,23,24). The molecular formula is C21H16N2O2S. The molecule has 26 heavy (non-hydrogen) atoms. The van der Waals surface area contributed by atoms with Crippen LogP contribution in [0.1, 0.15) is 5.56 Å². The predicted molar refractivity (Wildman–Crippen MR) is 108 cm³/mol. The molecule has 1 saturated heterocycles. The van der Waals surface area contributed by atoms with Crippen molar-refractivity contribution < 1.29 is 9.53 Å². The summed E-state index contributed by atoms with van der Waals surface area (Å²) in [5, 5.41) is 5.63. The molecule has 0 bridgehead atoms. The maximum atomic E-state index is 12.4. The van der Waals surface area contributed by atoms with Gasteiger partial charge in [0.1, 0.15) is 11.4 Å². The number of carbonyl (C=O) groups is 1. The highest BCUT2D eigenvalue weighted by Gasteiger charge is 2.24. The van der Waals surface area contributed by atoms with Crippen molar-refractivity contribution >= 4 is 45.4 Å². The van der Waals surface area contributed by atoms with Crippen LogP contribution in [-0.4, -0.2) is 18.2 Å². The molecule has 0 saturated carbocycles. The molecule has 1 fully saturated rings. The molecule has 1 N–H and O–H groups in total. The molecule has 1 aliphatic heterocycles. The molecule has 0 unspecified atom stereocenters. The molecule has 0 atom stereocenters. The van der Waals surface area contributed by atoms with Crippen LogP contribution in [0, 0.1) is 0 Å². The third-order valence-corrected chi connectivity index (χ3v) is 4.98. The minimum Gasteiger partial charge on any atom is -0.494 e. The van der Waals surface area contributed by atoms with Gasteiger partial charge in [-0.1, -0.05) is 54.6 Å². The van der Waals surface area contributed by atoms with Gasteiger partial charge in [0, 0.05) is 0 Å². The number of methoxy groups -OCH3 is 1. The largest absolute Gasteiger partial charge is 0.494 e. The molecule has 1 aliphatic rings. The molecule has 1 amide bonds. The van der Waals surface area contributed by atoms with Gasteiger partial charge < -0.3 is 10.1 Å². The van der Waals surface area contributed by atoms with Gasteiger partial charge in [-0.25, -0.2) is 4.99 Å². The van der Waals surface area contributed by atoms with Gasteiger partial charge in [0.15, 0.2) is 5.17 Å². The average molecular weight is 360 g/mol. The second-order valence-electron chi connectivity index (χ2n) is 5.72. The van der Waals surface area contributed by atoms with Crippen molar-refractivity contribution in [3.8, 4) is 5.75 Å². The van der Waals surface area contributed by atoms with Crippen LogP contribution in [0.4, 0.5) is 5.69 Å². The Kier molecular flexibility index (Phi) is 4.46. The molecular weight excluding hydrogens is 344 g/mol. The summed E-state index contributed by atoms with van der Waals surface area (Å²) in [4.78, 5) is 17.5. The minimum atomic E-state index is -0.142. The first-order valence-electron chi connectivity index (χ1n) is 8.15. The maximum Gasteiger partial charge on any atom is 0.264 e. The zero-order valence-corrected chi connectivity index (χ0v) is 14.9. The lowest BCUT2D eigenvalue weighted by molar-refractivity contribution is -0.115. The molecule has 3 aromatic carbocycles. The third-order valence-electron chi connectivity index (χ3n) is 4.07. The number of nitrogens with one attached hydrogen (secondary N) is 1. The Balaban J connectivity index is 1.68. The summed E-state index contributed by atoms with van der Waals surface area (Å²) in [6.07, 6.45) is 1.91. The number of hydrogen-bond donors (Lipinski definition) is 1. The van der Waals surface area contributed by atoms with Gasteiger partial charge in [0.05, 0.1) is 12.0 Å². The van der Waals surface area contributed by atoms with E-state index in [-0.39, 0.29) is 5.91 Å². The van der Waals surface area contributed by atoms with Gasteiger partial charge in [-0.15, -0.1) is 0 Å². The van der Waals surface area contributed by atoms with E-state index in [0.29, 0.717) is 21.5 Å². The van der Waals surface area contributed by atoms with E-state index in [1.165, 1.54) is 11.8 Å². The lowest BCUT2D eigenvalue weighted by Gasteiger charge is -2.03. The molecule has 4 rings (SSSR count). The SMILES string of the molecule is COc1ccccc1N=C1NC(=O)C(=Cc2cccc3ccccc23)S1. The third kappa shape index (κ3) is 3.21. The van der Waals surface area contributed by atoms with Crippen molar-refractivity contribution in [1.29, 1.82) is 0 Å². The summed E-state index contributed by atoms with van der Waals surface area (Å²) in [7, 11) is 1.60. The number of hydrogen-bond acceptors (Lipinski definition) is 4. The Morgan fingerprint density at radius 2 is 1.77 bits per heavy atom. The van der Waals surface area contributed by atoms with Crippen molar-refractivity contribution in [2.75, 3.05) is 7.11 Å². The number of para-hydroxylation sites is 2. The number of fused-ring (bicyclic) bond motifs is 1. The monoisotopic (exact) mass is 360 g/mol. The lowest BCUT2D eigenvalue weighted by atomic mass is 10.0. The number of amides is 1. The van der Waals surface area contributed by atoms with Crippen molar-refractivity contribution in [2.24, 2.45) is 4.99 Å². The fourth-order valence-corrected chi connectivity index (χ4v) is 3.66. The fourth-order valence-electron chi connectivity index (χ4n) is 2.83. The van der Waals surface area contributed by atoms with Gasteiger partial charge in [-0.3, -0.25) is 4.79 Å². The average Bonchev–Trinajstić information content (AvgIpc) is 3.01. The Morgan fingerprint density at radius 1 is 1.00 bits per heavy atom. The molecule has 3 aromatic rings. The van der Waals surface area contributed by atoms with E-state index in [9.17, 15) is 4.79 Å². The first kappa shape index (κ1) is 16.4. The van der Waals surface area contributed by atoms with Crippen molar-refractivity contribution in [3.63, 3.8) is 0 Å². The van der Waals surface area contributed by atoms with Gasteiger partial charge in [-0.2, -0.15) is 0 Å². The number of nitrogens with zero attached hydrogens (tertiary/aromatic N) is 1. The van der Waals surface area contributed by atoms with Crippen LogP contribution >= 0.6 is 11.8 Å². The first-order chi connectivity index (χ1) is 12.7. The summed E-state index contributed by atoms with van der Waals surface area (Å²) in [5.41, 5.74) is 1.70. The second kappa shape index (κ2) is 7.06. The number of amidine groups is 1. The zero-order chi connectivity index (χ0) is 17.9. The maximum absolute atomic E-state index is 12.4. The Bertz CT molecular complexity index is 1050. The molecule has 0 aliphatic carbocycles. The zero-order valence-electron chi connectivity index (χ0n) is 14.1. The van der Waals surface area contributed by atoms with Crippen LogP contribution in [-0.2, 0) is 4.79 Å². The van der Waals surface area contributed by atoms with E-state index in [2.05, 4.69) is 28.5 Å². The van der Waals surface area contributed by atoms with Crippen LogP contribution in [0.25, 0.3) is 16.8 Å². The molecule has 128 valence electrons. The predicted octanol–water partition coefficient (Wildman–Crippen LogP) is 4.74. The Morgan fingerprint density at radius 3 is 2.65 bits per heavy atom. The van der Waals surface area contributed by atoms with Gasteiger partial charge in [-0.05, 0) is 46.3 Å². The lowest BCUT2D eigenvalue weighted by Crippen LogP contribution is -2.19. The highest BCUT2D eigenvalue weighted by molar-refractivity contribution is 8.18. The number of aliphatic imine (C=N–C) groups is 1. The van der Waals surface area contributed by atoms with E-state index in [0.717, 1.165) is 16.3 Å². The number of ether oxygens (including phenoxy) is 1. The van der Waals surface area contributed by atoms with Crippen LogP contribution in [0.15, 0.2) is 76.6 Å². The summed E-state index contributed by atoms with van der Waals surface area (Å²) >= 11 is 1.33. The molecule has 0 spiro atoms. The van der Waals surface area contributed by atoms with Crippen LogP contribution in [0.2, 0.25) is 0 Å². The number of rotatable bonds is 3. The van der Waals surface area contributed by atoms with E-state index in [4.69, 9.17) is 4.74 Å². The van der Waals surface area contributed by atoms with Crippen LogP contribution < -0.4 is 10.1 Å². The van der Waals surface area contributed by atoms with Crippen molar-refractivity contribution in [2.45, 2.75) is 0 Å². The van der Waals surface area contributed by atoms with E-state index in [1.54, 1.807) is 7.11 Å². The number of carbonyl (C=O) groups excluding carboxylic acids is 1. The number of thioether (sulfide) groups is 1. The van der Waals surface area contributed by atoms with E-state index >= 15 is 0 Å². The summed E-state index contributed by atoms with van der Waals surface area (Å²) < 4.78 is 5.31. The molecule has 5 heteroatoms. The second-order valence-corrected chi connectivity index (χ2v) is 6.75. The molecule has 0 radical (unpaired) electrons. The minimum absolute atomic E-state index is 0.142. The molecule has 0 aromatic heterocycles. The molecule has 1 heterocycles. The summed E-state index contributed by atoms with van der Waals surface area (Å²) in [5.74, 6) is 0.526. The number of benzene rings is 3. The van der Waals surface area contributed by atoms with Gasteiger partial charge in [0.25, 0.3) is 5.91 Å². The Labute approximate surface area is 155 Å². The van der Waals surface area contributed by atoms with Crippen LogP contribution in [0.3, 0.4) is 0 Å². The summed E-state index contributed by atoms with van der Waals surface area (Å²) in [6, 6.07) is 21.7. The van der Waals surface area contributed by atoms with Crippen LogP contribution in [0.5, 0.6) is 5.75 Å². The van der Waals surface area contributed by atoms with E-state index in [1.807, 2.05) is 54.6 Å². The van der Waals surface area contributed by atoms with Crippen molar-refractivity contribution in [3.05, 3.63) is 77.2 Å². The normalized spacial score (nSPS) is 17.0. The first-order valence-corrected chi connectivity index (χ1v) is 8.96. The molecule has 4 nitrogen and oxygen atoms in total. The van der Waals surface area contributed by atoms with Gasteiger partial charge >= 0.3 is 0 Å².